The van der Waals surface area contributed by atoms with Crippen LogP contribution in [0.5, 0.6) is 0 Å². The standard InChI is InChI=1S/C26H20N2O7/c29-21(13-4-3-5-14(10-13)28(33)34)12-35-26(32)17-6-1-2-7-20(17)27-24(30)22-15-8-9-16(19-11-18(15)19)23(22)25(27)31/h1-10,15-16,18-19,22-23H,11-12H2/t15-,16-,18-,19-,22+,23+/m0/s1. The number of nitro groups is 1. The number of ether oxygens (including phenoxy) is 1. The molecule has 1 saturated heterocycles. The van der Waals surface area contributed by atoms with Gasteiger partial charge in [-0.25, -0.2) is 9.69 Å². The summed E-state index contributed by atoms with van der Waals surface area (Å²) in [6.07, 6.45) is 5.21. The minimum absolute atomic E-state index is 0.00477. The number of amides is 2. The molecule has 35 heavy (non-hydrogen) atoms. The van der Waals surface area contributed by atoms with E-state index in [-0.39, 0.29) is 46.2 Å². The van der Waals surface area contributed by atoms with Crippen molar-refractivity contribution in [3.8, 4) is 0 Å². The van der Waals surface area contributed by atoms with Gasteiger partial charge >= 0.3 is 5.97 Å². The largest absolute Gasteiger partial charge is 0.454 e. The van der Waals surface area contributed by atoms with Crippen LogP contribution in [-0.4, -0.2) is 35.1 Å². The van der Waals surface area contributed by atoms with E-state index in [2.05, 4.69) is 12.2 Å². The molecule has 0 radical (unpaired) electrons. The van der Waals surface area contributed by atoms with Crippen LogP contribution in [0.2, 0.25) is 0 Å². The smallest absolute Gasteiger partial charge is 0.340 e. The number of anilines is 1. The number of rotatable bonds is 6. The summed E-state index contributed by atoms with van der Waals surface area (Å²) in [5, 5.41) is 10.9. The van der Waals surface area contributed by atoms with Crippen LogP contribution in [0.15, 0.2) is 60.7 Å². The first kappa shape index (κ1) is 21.4. The Labute approximate surface area is 199 Å². The average Bonchev–Trinajstić information content (AvgIpc) is 3.65. The summed E-state index contributed by atoms with van der Waals surface area (Å²) in [5.41, 5.74) is -0.0557. The Hall–Kier alpha value is -4.14. The fraction of sp³-hybridized carbons (Fsp3) is 0.308. The lowest BCUT2D eigenvalue weighted by atomic mass is 9.63. The monoisotopic (exact) mass is 472 g/mol. The molecule has 1 aliphatic heterocycles. The summed E-state index contributed by atoms with van der Waals surface area (Å²) < 4.78 is 5.19. The van der Waals surface area contributed by atoms with Crippen molar-refractivity contribution in [1.29, 1.82) is 0 Å². The van der Waals surface area contributed by atoms with Crippen LogP contribution in [0, 0.1) is 45.6 Å². The van der Waals surface area contributed by atoms with Crippen molar-refractivity contribution in [2.45, 2.75) is 6.42 Å². The van der Waals surface area contributed by atoms with Gasteiger partial charge in [-0.15, -0.1) is 0 Å². The average molecular weight is 472 g/mol. The summed E-state index contributed by atoms with van der Waals surface area (Å²) in [6.45, 7) is -0.640. The van der Waals surface area contributed by atoms with E-state index in [1.165, 1.54) is 30.3 Å². The van der Waals surface area contributed by atoms with Gasteiger partial charge in [0.1, 0.15) is 0 Å². The number of carbonyl (C=O) groups is 4. The topological polar surface area (TPSA) is 124 Å². The molecule has 2 aromatic carbocycles. The Bertz CT molecular complexity index is 1310. The molecule has 7 rings (SSSR count). The first-order valence-corrected chi connectivity index (χ1v) is 11.5. The van der Waals surface area contributed by atoms with Crippen molar-refractivity contribution in [2.75, 3.05) is 11.5 Å². The van der Waals surface area contributed by atoms with Crippen LogP contribution in [-0.2, 0) is 14.3 Å². The fourth-order valence-corrected chi connectivity index (χ4v) is 6.12. The lowest BCUT2D eigenvalue weighted by Gasteiger charge is -2.37. The quantitative estimate of drug-likeness (QED) is 0.158. The van der Waals surface area contributed by atoms with Gasteiger partial charge in [-0.1, -0.05) is 36.4 Å². The number of nitro benzene ring substituents is 1. The molecule has 6 atom stereocenters. The van der Waals surface area contributed by atoms with E-state index >= 15 is 0 Å². The number of para-hydroxylation sites is 1. The van der Waals surface area contributed by atoms with E-state index in [1.54, 1.807) is 12.1 Å². The molecule has 4 aliphatic carbocycles. The van der Waals surface area contributed by atoms with Gasteiger partial charge in [0, 0.05) is 17.7 Å². The summed E-state index contributed by atoms with van der Waals surface area (Å²) >= 11 is 0. The summed E-state index contributed by atoms with van der Waals surface area (Å²) in [7, 11) is 0. The molecule has 2 bridgehead atoms. The highest BCUT2D eigenvalue weighted by atomic mass is 16.6. The van der Waals surface area contributed by atoms with E-state index in [0.29, 0.717) is 11.8 Å². The molecule has 176 valence electrons. The van der Waals surface area contributed by atoms with Gasteiger partial charge in [0.2, 0.25) is 17.6 Å². The molecule has 9 heteroatoms. The van der Waals surface area contributed by atoms with Crippen LogP contribution in [0.25, 0.3) is 0 Å². The number of ketones is 1. The second-order valence-electron chi connectivity index (χ2n) is 9.49. The van der Waals surface area contributed by atoms with Crippen LogP contribution in [0.1, 0.15) is 27.1 Å². The molecule has 0 aromatic heterocycles. The number of allylic oxidation sites excluding steroid dienone is 2. The number of imide groups is 1. The number of benzene rings is 2. The van der Waals surface area contributed by atoms with Crippen molar-refractivity contribution >= 4 is 34.9 Å². The summed E-state index contributed by atoms with van der Waals surface area (Å²) in [6, 6.07) is 11.3. The maximum absolute atomic E-state index is 13.4. The van der Waals surface area contributed by atoms with Gasteiger partial charge < -0.3 is 4.74 Å². The third kappa shape index (κ3) is 3.22. The molecule has 3 fully saturated rings. The zero-order valence-electron chi connectivity index (χ0n) is 18.4. The molecule has 2 aromatic rings. The Kier molecular flexibility index (Phi) is 4.70. The zero-order chi connectivity index (χ0) is 24.4. The lowest BCUT2D eigenvalue weighted by molar-refractivity contribution is -0.384. The minimum atomic E-state index is -0.862. The van der Waals surface area contributed by atoms with Crippen molar-refractivity contribution in [2.24, 2.45) is 35.5 Å². The number of carbonyl (C=O) groups excluding carboxylic acids is 4. The third-order valence-corrected chi connectivity index (χ3v) is 7.74. The highest BCUT2D eigenvalue weighted by Crippen LogP contribution is 2.65. The van der Waals surface area contributed by atoms with E-state index in [0.717, 1.165) is 17.4 Å². The van der Waals surface area contributed by atoms with Gasteiger partial charge in [-0.05, 0) is 42.2 Å². The number of nitrogens with zero attached hydrogens (tertiary/aromatic N) is 2. The number of Topliss-reactive ketones (excluding diaryl/α,β-unsaturated/α-hetero) is 1. The van der Waals surface area contributed by atoms with Crippen LogP contribution in [0.3, 0.4) is 0 Å². The number of hydrogen-bond acceptors (Lipinski definition) is 7. The van der Waals surface area contributed by atoms with Gasteiger partial charge in [-0.2, -0.15) is 0 Å². The van der Waals surface area contributed by atoms with Crippen LogP contribution >= 0.6 is 0 Å². The fourth-order valence-electron chi connectivity index (χ4n) is 6.12. The van der Waals surface area contributed by atoms with E-state index in [4.69, 9.17) is 4.74 Å². The predicted octanol–water partition coefficient (Wildman–Crippen LogP) is 3.19. The Morgan fingerprint density at radius 3 is 2.29 bits per heavy atom. The highest BCUT2D eigenvalue weighted by Gasteiger charge is 2.67. The van der Waals surface area contributed by atoms with Crippen molar-refractivity contribution in [1.82, 2.24) is 0 Å². The molecule has 1 heterocycles. The number of hydrogen-bond donors (Lipinski definition) is 0. The van der Waals surface area contributed by atoms with Crippen molar-refractivity contribution in [3.05, 3.63) is 81.9 Å². The predicted molar refractivity (Wildman–Crippen MR) is 121 cm³/mol. The third-order valence-electron chi connectivity index (χ3n) is 7.74. The van der Waals surface area contributed by atoms with Gasteiger partial charge in [0.05, 0.1) is 28.0 Å². The normalized spacial score (nSPS) is 29.5. The van der Waals surface area contributed by atoms with Crippen molar-refractivity contribution < 1.29 is 28.8 Å². The number of esters is 1. The van der Waals surface area contributed by atoms with Gasteiger partial charge in [-0.3, -0.25) is 24.5 Å². The first-order chi connectivity index (χ1) is 16.9. The van der Waals surface area contributed by atoms with Gasteiger partial charge in [0.25, 0.3) is 5.69 Å². The molecule has 5 aliphatic rings. The summed E-state index contributed by atoms with van der Waals surface area (Å²) in [5.74, 6) is -1.83. The maximum Gasteiger partial charge on any atom is 0.340 e. The van der Waals surface area contributed by atoms with E-state index in [1.807, 2.05) is 0 Å². The Morgan fingerprint density at radius 1 is 0.971 bits per heavy atom. The minimum Gasteiger partial charge on any atom is -0.454 e. The highest BCUT2D eigenvalue weighted by molar-refractivity contribution is 6.24. The van der Waals surface area contributed by atoms with E-state index < -0.39 is 35.1 Å². The Balaban J connectivity index is 1.22. The Morgan fingerprint density at radius 2 is 1.63 bits per heavy atom. The molecule has 0 unspecified atom stereocenters. The molecule has 2 amide bonds. The molecule has 0 N–H and O–H groups in total. The van der Waals surface area contributed by atoms with E-state index in [9.17, 15) is 29.3 Å². The van der Waals surface area contributed by atoms with Gasteiger partial charge in [0.15, 0.2) is 6.61 Å². The van der Waals surface area contributed by atoms with Crippen LogP contribution < -0.4 is 4.90 Å². The zero-order valence-corrected chi connectivity index (χ0v) is 18.4. The lowest BCUT2D eigenvalue weighted by Crippen LogP contribution is -2.40. The molecular weight excluding hydrogens is 452 g/mol. The molecule has 2 saturated carbocycles. The van der Waals surface area contributed by atoms with Crippen molar-refractivity contribution in [3.63, 3.8) is 0 Å². The molecule has 9 nitrogen and oxygen atoms in total. The molecule has 0 spiro atoms. The second kappa shape index (κ2) is 7.69. The molecular formula is C26H20N2O7. The summed E-state index contributed by atoms with van der Waals surface area (Å²) in [4.78, 5) is 63.7. The first-order valence-electron chi connectivity index (χ1n) is 11.5. The maximum atomic E-state index is 13.4. The second-order valence-corrected chi connectivity index (χ2v) is 9.49. The number of non-ortho nitro benzene ring substituents is 1. The SMILES string of the molecule is O=C(COC(=O)c1ccccc1N1C(=O)[C@@H]2[C@H]3C=C[C@@H]([C@@H]4C[C@@H]34)[C@H]2C1=O)c1cccc([N+](=O)[O-])c1. The van der Waals surface area contributed by atoms with Crippen LogP contribution in [0.4, 0.5) is 11.4 Å².